The van der Waals surface area contributed by atoms with Gasteiger partial charge in [0.1, 0.15) is 0 Å². The lowest BCUT2D eigenvalue weighted by Gasteiger charge is -2.11. The van der Waals surface area contributed by atoms with Crippen molar-refractivity contribution >= 4 is 16.6 Å². The second-order valence-electron chi connectivity index (χ2n) is 4.90. The van der Waals surface area contributed by atoms with E-state index in [1.807, 2.05) is 6.92 Å². The first-order valence-corrected chi connectivity index (χ1v) is 6.90. The molecule has 0 spiro atoms. The summed E-state index contributed by atoms with van der Waals surface area (Å²) in [5.74, 6) is 0. The van der Waals surface area contributed by atoms with Crippen molar-refractivity contribution in [1.29, 1.82) is 0 Å². The van der Waals surface area contributed by atoms with Crippen LogP contribution in [0.15, 0.2) is 23.0 Å². The fraction of sp³-hybridized carbons (Fsp3) is 0.400. The molecular weight excluding hydrogens is 256 g/mol. The van der Waals surface area contributed by atoms with Gasteiger partial charge in [-0.05, 0) is 24.5 Å². The number of rotatable bonds is 5. The molecule has 106 valence electrons. The topological polar surface area (TPSA) is 76.0 Å². The number of H-pyrrole nitrogens is 1. The van der Waals surface area contributed by atoms with Gasteiger partial charge in [-0.2, -0.15) is 0 Å². The molecule has 0 aliphatic heterocycles. The van der Waals surface area contributed by atoms with Gasteiger partial charge in [0.05, 0.1) is 10.4 Å². The monoisotopic (exact) mass is 274 g/mol. The minimum Gasteiger partial charge on any atom is -0.321 e. The van der Waals surface area contributed by atoms with E-state index in [4.69, 9.17) is 0 Å². The number of aryl methyl sites for hydroxylation is 1. The van der Waals surface area contributed by atoms with Crippen molar-refractivity contribution in [3.63, 3.8) is 0 Å². The van der Waals surface area contributed by atoms with E-state index in [-0.39, 0.29) is 11.2 Å². The van der Waals surface area contributed by atoms with Crippen molar-refractivity contribution in [3.05, 3.63) is 49.8 Å². The van der Waals surface area contributed by atoms with Crippen LogP contribution in [0.4, 0.5) is 5.69 Å². The molecule has 0 saturated heterocycles. The number of nitrogens with zero attached hydrogens (tertiary/aromatic N) is 1. The number of hydrogen-bond acceptors (Lipinski definition) is 3. The van der Waals surface area contributed by atoms with Crippen LogP contribution < -0.4 is 5.56 Å². The van der Waals surface area contributed by atoms with Crippen molar-refractivity contribution in [2.45, 2.75) is 39.5 Å². The van der Waals surface area contributed by atoms with Crippen molar-refractivity contribution in [2.75, 3.05) is 0 Å². The summed E-state index contributed by atoms with van der Waals surface area (Å²) in [6.45, 7) is 4.10. The van der Waals surface area contributed by atoms with E-state index in [1.54, 1.807) is 6.07 Å². The highest BCUT2D eigenvalue weighted by molar-refractivity contribution is 5.85. The fourth-order valence-electron chi connectivity index (χ4n) is 2.56. The quantitative estimate of drug-likeness (QED) is 0.671. The fourth-order valence-corrected chi connectivity index (χ4v) is 2.56. The molecule has 0 atom stereocenters. The summed E-state index contributed by atoms with van der Waals surface area (Å²) in [5, 5.41) is 11.7. The zero-order valence-corrected chi connectivity index (χ0v) is 11.7. The molecule has 1 heterocycles. The molecule has 2 aromatic rings. The van der Waals surface area contributed by atoms with E-state index in [0.717, 1.165) is 42.2 Å². The number of non-ortho nitro benzene ring substituents is 1. The smallest absolute Gasteiger partial charge is 0.271 e. The number of benzene rings is 1. The summed E-state index contributed by atoms with van der Waals surface area (Å²) in [4.78, 5) is 25.3. The number of hydrogen-bond donors (Lipinski definition) is 1. The largest absolute Gasteiger partial charge is 0.321 e. The molecule has 1 aromatic carbocycles. The average Bonchev–Trinajstić information content (AvgIpc) is 2.42. The van der Waals surface area contributed by atoms with Crippen LogP contribution in [-0.2, 0) is 12.8 Å². The van der Waals surface area contributed by atoms with Gasteiger partial charge in [0.2, 0.25) is 0 Å². The molecule has 0 aliphatic rings. The van der Waals surface area contributed by atoms with Crippen molar-refractivity contribution in [2.24, 2.45) is 0 Å². The van der Waals surface area contributed by atoms with E-state index >= 15 is 0 Å². The lowest BCUT2D eigenvalue weighted by Crippen LogP contribution is -2.16. The van der Waals surface area contributed by atoms with E-state index in [2.05, 4.69) is 11.9 Å². The molecular formula is C15H18N2O3. The standard InChI is InChI=1S/C15H18N2O3/c1-3-5-11-12-8-7-10(17(19)20)9-14(12)16-15(18)13(11)6-4-2/h7-9H,3-6H2,1-2H3,(H,16,18). The number of nitrogens with one attached hydrogen (secondary N) is 1. The Balaban J connectivity index is 2.74. The highest BCUT2D eigenvalue weighted by Gasteiger charge is 2.14. The zero-order chi connectivity index (χ0) is 14.7. The zero-order valence-electron chi connectivity index (χ0n) is 11.7. The van der Waals surface area contributed by atoms with Crippen LogP contribution >= 0.6 is 0 Å². The minimum atomic E-state index is -0.447. The molecule has 0 unspecified atom stereocenters. The van der Waals surface area contributed by atoms with Crippen LogP contribution in [-0.4, -0.2) is 9.91 Å². The third-order valence-electron chi connectivity index (χ3n) is 3.43. The Kier molecular flexibility index (Phi) is 4.17. The van der Waals surface area contributed by atoms with Crippen LogP contribution in [0.2, 0.25) is 0 Å². The van der Waals surface area contributed by atoms with Crippen molar-refractivity contribution in [1.82, 2.24) is 4.98 Å². The average molecular weight is 274 g/mol. The van der Waals surface area contributed by atoms with E-state index in [0.29, 0.717) is 5.52 Å². The van der Waals surface area contributed by atoms with E-state index < -0.39 is 4.92 Å². The van der Waals surface area contributed by atoms with Gasteiger partial charge in [0, 0.05) is 23.1 Å². The van der Waals surface area contributed by atoms with E-state index in [9.17, 15) is 14.9 Å². The molecule has 20 heavy (non-hydrogen) atoms. The maximum absolute atomic E-state index is 12.2. The van der Waals surface area contributed by atoms with Gasteiger partial charge in [-0.15, -0.1) is 0 Å². The van der Waals surface area contributed by atoms with Gasteiger partial charge in [0.25, 0.3) is 11.2 Å². The third-order valence-corrected chi connectivity index (χ3v) is 3.43. The number of nitro groups is 1. The summed E-state index contributed by atoms with van der Waals surface area (Å²) in [7, 11) is 0. The molecule has 1 aromatic heterocycles. The SMILES string of the molecule is CCCc1c(CCC)c2ccc([N+](=O)[O-])cc2[nH]c1=O. The van der Waals surface area contributed by atoms with Gasteiger partial charge in [-0.3, -0.25) is 14.9 Å². The molecule has 0 amide bonds. The molecule has 0 aliphatic carbocycles. The Bertz CT molecular complexity index is 704. The summed E-state index contributed by atoms with van der Waals surface area (Å²) in [5.41, 5.74) is 2.27. The maximum atomic E-state index is 12.2. The summed E-state index contributed by atoms with van der Waals surface area (Å²) >= 11 is 0. The number of aromatic nitrogens is 1. The number of pyridine rings is 1. The van der Waals surface area contributed by atoms with Crippen LogP contribution in [0.1, 0.15) is 37.8 Å². The first-order chi connectivity index (χ1) is 9.58. The third kappa shape index (κ3) is 2.57. The molecule has 5 heteroatoms. The van der Waals surface area contributed by atoms with Crippen LogP contribution in [0.3, 0.4) is 0 Å². The normalized spacial score (nSPS) is 10.9. The highest BCUT2D eigenvalue weighted by Crippen LogP contribution is 2.24. The Morgan fingerprint density at radius 3 is 2.40 bits per heavy atom. The van der Waals surface area contributed by atoms with Gasteiger partial charge >= 0.3 is 0 Å². The molecule has 2 rings (SSSR count). The minimum absolute atomic E-state index is 0.00107. The van der Waals surface area contributed by atoms with Crippen LogP contribution in [0, 0.1) is 10.1 Å². The molecule has 0 saturated carbocycles. The van der Waals surface area contributed by atoms with Crippen LogP contribution in [0.25, 0.3) is 10.9 Å². The summed E-state index contributed by atoms with van der Waals surface area (Å²) < 4.78 is 0. The molecule has 0 fully saturated rings. The number of fused-ring (bicyclic) bond motifs is 1. The molecule has 5 nitrogen and oxygen atoms in total. The van der Waals surface area contributed by atoms with Gasteiger partial charge in [0.15, 0.2) is 0 Å². The van der Waals surface area contributed by atoms with Gasteiger partial charge < -0.3 is 4.98 Å². The number of nitro benzene ring substituents is 1. The predicted molar refractivity (Wildman–Crippen MR) is 79.2 cm³/mol. The second-order valence-corrected chi connectivity index (χ2v) is 4.90. The number of aromatic amines is 1. The lowest BCUT2D eigenvalue weighted by molar-refractivity contribution is -0.384. The lowest BCUT2D eigenvalue weighted by atomic mass is 9.96. The Hall–Kier alpha value is -2.17. The summed E-state index contributed by atoms with van der Waals surface area (Å²) in [6.07, 6.45) is 3.38. The van der Waals surface area contributed by atoms with Crippen LogP contribution in [0.5, 0.6) is 0 Å². The molecule has 0 bridgehead atoms. The molecule has 1 N–H and O–H groups in total. The second kappa shape index (κ2) is 5.86. The van der Waals surface area contributed by atoms with Gasteiger partial charge in [-0.1, -0.05) is 26.7 Å². The Labute approximate surface area is 116 Å². The highest BCUT2D eigenvalue weighted by atomic mass is 16.6. The summed E-state index contributed by atoms with van der Waals surface area (Å²) in [6, 6.07) is 4.68. The Morgan fingerprint density at radius 2 is 1.80 bits per heavy atom. The first kappa shape index (κ1) is 14.2. The maximum Gasteiger partial charge on any atom is 0.271 e. The molecule has 0 radical (unpaired) electrons. The Morgan fingerprint density at radius 1 is 1.15 bits per heavy atom. The van der Waals surface area contributed by atoms with E-state index in [1.165, 1.54) is 12.1 Å². The van der Waals surface area contributed by atoms with Gasteiger partial charge in [-0.25, -0.2) is 0 Å². The predicted octanol–water partition coefficient (Wildman–Crippen LogP) is 3.34. The first-order valence-electron chi connectivity index (χ1n) is 6.90. The van der Waals surface area contributed by atoms with Crippen molar-refractivity contribution in [3.8, 4) is 0 Å². The van der Waals surface area contributed by atoms with Crippen molar-refractivity contribution < 1.29 is 4.92 Å².